The molecule has 0 aliphatic heterocycles. The third-order valence-corrected chi connectivity index (χ3v) is 3.80. The number of sulfone groups is 1. The van der Waals surface area contributed by atoms with E-state index in [1.54, 1.807) is 18.2 Å². The molecule has 1 atom stereocenters. The predicted molar refractivity (Wildman–Crippen MR) is 66.2 cm³/mol. The van der Waals surface area contributed by atoms with Crippen LogP contribution in [0.15, 0.2) is 18.2 Å². The molecule has 0 fully saturated rings. The zero-order chi connectivity index (χ0) is 12.3. The molecule has 90 valence electrons. The van der Waals surface area contributed by atoms with E-state index < -0.39 is 15.9 Å². The lowest BCUT2D eigenvalue weighted by Crippen LogP contribution is -2.33. The number of halogens is 2. The van der Waals surface area contributed by atoms with Crippen molar-refractivity contribution in [3.05, 3.63) is 33.8 Å². The number of nitrogens with one attached hydrogen (secondary N) is 1. The Labute approximate surface area is 105 Å². The second kappa shape index (κ2) is 5.33. The van der Waals surface area contributed by atoms with Crippen molar-refractivity contribution in [2.45, 2.75) is 6.04 Å². The Kier molecular flexibility index (Phi) is 4.58. The largest absolute Gasteiger partial charge is 0.271 e. The molecule has 1 rings (SSSR count). The number of hydrazine groups is 1. The second-order valence-electron chi connectivity index (χ2n) is 3.45. The van der Waals surface area contributed by atoms with Crippen LogP contribution in [0, 0.1) is 0 Å². The zero-order valence-corrected chi connectivity index (χ0v) is 10.9. The van der Waals surface area contributed by atoms with E-state index >= 15 is 0 Å². The quantitative estimate of drug-likeness (QED) is 0.649. The van der Waals surface area contributed by atoms with E-state index in [-0.39, 0.29) is 5.75 Å². The highest BCUT2D eigenvalue weighted by Crippen LogP contribution is 2.30. The van der Waals surface area contributed by atoms with E-state index in [1.165, 1.54) is 0 Å². The number of rotatable bonds is 4. The molecular formula is C9H12Cl2N2O2S. The van der Waals surface area contributed by atoms with Crippen molar-refractivity contribution in [3.8, 4) is 0 Å². The average molecular weight is 283 g/mol. The van der Waals surface area contributed by atoms with Gasteiger partial charge in [-0.3, -0.25) is 11.3 Å². The van der Waals surface area contributed by atoms with Gasteiger partial charge >= 0.3 is 0 Å². The summed E-state index contributed by atoms with van der Waals surface area (Å²) in [5.74, 6) is 5.18. The second-order valence-corrected chi connectivity index (χ2v) is 6.42. The Morgan fingerprint density at radius 3 is 2.56 bits per heavy atom. The minimum atomic E-state index is -3.16. The monoisotopic (exact) mass is 282 g/mol. The maximum Gasteiger partial charge on any atom is 0.149 e. The Hall–Kier alpha value is -0.330. The van der Waals surface area contributed by atoms with Gasteiger partial charge in [-0.1, -0.05) is 35.3 Å². The zero-order valence-electron chi connectivity index (χ0n) is 8.57. The highest BCUT2D eigenvalue weighted by molar-refractivity contribution is 7.90. The molecule has 0 aliphatic rings. The fraction of sp³-hybridized carbons (Fsp3) is 0.333. The van der Waals surface area contributed by atoms with E-state index in [2.05, 4.69) is 5.43 Å². The molecule has 3 N–H and O–H groups in total. The first-order valence-electron chi connectivity index (χ1n) is 4.43. The molecule has 0 radical (unpaired) electrons. The van der Waals surface area contributed by atoms with Gasteiger partial charge in [-0.05, 0) is 11.6 Å². The number of hydrogen-bond donors (Lipinski definition) is 2. The van der Waals surface area contributed by atoms with Gasteiger partial charge in [-0.15, -0.1) is 0 Å². The molecule has 0 spiro atoms. The average Bonchev–Trinajstić information content (AvgIpc) is 2.18. The molecule has 1 unspecified atom stereocenters. The fourth-order valence-corrected chi connectivity index (χ4v) is 2.64. The van der Waals surface area contributed by atoms with Crippen LogP contribution in [0.3, 0.4) is 0 Å². The normalized spacial score (nSPS) is 13.8. The number of nitrogens with two attached hydrogens (primary N) is 1. The summed E-state index contributed by atoms with van der Waals surface area (Å²) in [6.45, 7) is 0. The summed E-state index contributed by atoms with van der Waals surface area (Å²) in [6, 6.07) is 4.43. The van der Waals surface area contributed by atoms with Crippen LogP contribution in [0.25, 0.3) is 0 Å². The molecule has 0 amide bonds. The Balaban J connectivity index is 3.09. The van der Waals surface area contributed by atoms with Gasteiger partial charge in [-0.2, -0.15) is 0 Å². The third kappa shape index (κ3) is 3.61. The summed E-state index contributed by atoms with van der Waals surface area (Å²) >= 11 is 11.8. The van der Waals surface area contributed by atoms with Crippen molar-refractivity contribution in [1.82, 2.24) is 5.43 Å². The van der Waals surface area contributed by atoms with Gasteiger partial charge in [0.15, 0.2) is 0 Å². The minimum Gasteiger partial charge on any atom is -0.271 e. The Morgan fingerprint density at radius 1 is 1.44 bits per heavy atom. The van der Waals surface area contributed by atoms with E-state index in [4.69, 9.17) is 29.0 Å². The third-order valence-electron chi connectivity index (χ3n) is 2.03. The SMILES string of the molecule is CS(=O)(=O)CC(NN)c1cccc(Cl)c1Cl. The van der Waals surface area contributed by atoms with Crippen LogP contribution in [-0.4, -0.2) is 20.4 Å². The van der Waals surface area contributed by atoms with Gasteiger partial charge in [0.05, 0.1) is 21.8 Å². The summed E-state index contributed by atoms with van der Waals surface area (Å²) in [5, 5.41) is 0.684. The fourth-order valence-electron chi connectivity index (χ4n) is 1.32. The summed E-state index contributed by atoms with van der Waals surface area (Å²) in [7, 11) is -3.16. The summed E-state index contributed by atoms with van der Waals surface area (Å²) in [6.07, 6.45) is 1.13. The van der Waals surface area contributed by atoms with Gasteiger partial charge in [0.2, 0.25) is 0 Å². The minimum absolute atomic E-state index is 0.135. The van der Waals surface area contributed by atoms with Crippen LogP contribution in [0.1, 0.15) is 11.6 Å². The van der Waals surface area contributed by atoms with Crippen molar-refractivity contribution in [1.29, 1.82) is 0 Å². The van der Waals surface area contributed by atoms with Crippen LogP contribution in [0.2, 0.25) is 10.0 Å². The van der Waals surface area contributed by atoms with Crippen molar-refractivity contribution in [2.75, 3.05) is 12.0 Å². The van der Waals surface area contributed by atoms with Gasteiger partial charge in [0.25, 0.3) is 0 Å². The standard InChI is InChI=1S/C9H12Cl2N2O2S/c1-16(14,15)5-8(13-12)6-3-2-4-7(10)9(6)11/h2-4,8,13H,5,12H2,1H3. The molecule has 4 nitrogen and oxygen atoms in total. The Morgan fingerprint density at radius 2 is 2.06 bits per heavy atom. The van der Waals surface area contributed by atoms with E-state index in [1.807, 2.05) is 0 Å². The topological polar surface area (TPSA) is 72.2 Å². The van der Waals surface area contributed by atoms with E-state index in [9.17, 15) is 8.42 Å². The molecule has 1 aromatic rings. The van der Waals surface area contributed by atoms with Crippen LogP contribution in [0.5, 0.6) is 0 Å². The van der Waals surface area contributed by atoms with Crippen LogP contribution < -0.4 is 11.3 Å². The van der Waals surface area contributed by atoms with Crippen molar-refractivity contribution in [2.24, 2.45) is 5.84 Å². The molecule has 0 aliphatic carbocycles. The van der Waals surface area contributed by atoms with Crippen LogP contribution in [-0.2, 0) is 9.84 Å². The molecule has 0 bridgehead atoms. The van der Waals surface area contributed by atoms with Gasteiger partial charge in [0.1, 0.15) is 9.84 Å². The molecule has 1 aromatic carbocycles. The molecule has 0 saturated carbocycles. The van der Waals surface area contributed by atoms with Crippen LogP contribution in [0.4, 0.5) is 0 Å². The predicted octanol–water partition coefficient (Wildman–Crippen LogP) is 1.54. The first kappa shape index (κ1) is 13.7. The van der Waals surface area contributed by atoms with E-state index in [0.717, 1.165) is 6.26 Å². The first-order valence-corrected chi connectivity index (χ1v) is 7.24. The number of benzene rings is 1. The molecule has 0 saturated heterocycles. The highest BCUT2D eigenvalue weighted by atomic mass is 35.5. The Bertz CT molecular complexity index is 476. The summed E-state index contributed by atoms with van der Waals surface area (Å²) in [5.41, 5.74) is 2.99. The van der Waals surface area contributed by atoms with Crippen molar-refractivity contribution in [3.63, 3.8) is 0 Å². The molecule has 0 heterocycles. The highest BCUT2D eigenvalue weighted by Gasteiger charge is 2.19. The molecule has 7 heteroatoms. The summed E-state index contributed by atoms with van der Waals surface area (Å²) < 4.78 is 22.4. The maximum atomic E-state index is 11.2. The molecule has 16 heavy (non-hydrogen) atoms. The van der Waals surface area contributed by atoms with E-state index in [0.29, 0.717) is 15.6 Å². The molecular weight excluding hydrogens is 271 g/mol. The number of hydrogen-bond acceptors (Lipinski definition) is 4. The van der Waals surface area contributed by atoms with Crippen molar-refractivity contribution >= 4 is 33.0 Å². The summed E-state index contributed by atoms with van der Waals surface area (Å²) in [4.78, 5) is 0. The molecule has 0 aromatic heterocycles. The maximum absolute atomic E-state index is 11.2. The first-order chi connectivity index (χ1) is 7.35. The lowest BCUT2D eigenvalue weighted by Gasteiger charge is -2.17. The van der Waals surface area contributed by atoms with Gasteiger partial charge in [-0.25, -0.2) is 8.42 Å². The smallest absolute Gasteiger partial charge is 0.149 e. The van der Waals surface area contributed by atoms with Crippen LogP contribution >= 0.6 is 23.2 Å². The van der Waals surface area contributed by atoms with Gasteiger partial charge < -0.3 is 0 Å². The lowest BCUT2D eigenvalue weighted by atomic mass is 10.1. The lowest BCUT2D eigenvalue weighted by molar-refractivity contribution is 0.564. The van der Waals surface area contributed by atoms with Gasteiger partial charge in [0, 0.05) is 6.26 Å². The van der Waals surface area contributed by atoms with Crippen molar-refractivity contribution < 1.29 is 8.42 Å².